The Kier molecular flexibility index (Phi) is 4.39. The van der Waals surface area contributed by atoms with Crippen LogP contribution in [0.15, 0.2) is 18.2 Å². The highest BCUT2D eigenvalue weighted by molar-refractivity contribution is 8.00. The molecule has 0 fully saturated rings. The van der Waals surface area contributed by atoms with Crippen molar-refractivity contribution in [3.63, 3.8) is 0 Å². The SMILES string of the molecule is O=C1CCCc2ccc(OCCSC(F)(F)F)cc21. The Morgan fingerprint density at radius 1 is 1.26 bits per heavy atom. The Balaban J connectivity index is 1.91. The van der Waals surface area contributed by atoms with Crippen molar-refractivity contribution in [3.8, 4) is 5.75 Å². The number of ether oxygens (including phenoxy) is 1. The fourth-order valence-electron chi connectivity index (χ4n) is 2.01. The molecule has 104 valence electrons. The number of ketones is 1. The first-order valence-corrected chi connectivity index (χ1v) is 6.94. The number of benzene rings is 1. The van der Waals surface area contributed by atoms with E-state index in [4.69, 9.17) is 4.74 Å². The van der Waals surface area contributed by atoms with Gasteiger partial charge in [0.05, 0.1) is 6.61 Å². The highest BCUT2D eigenvalue weighted by Gasteiger charge is 2.27. The largest absolute Gasteiger partial charge is 0.493 e. The van der Waals surface area contributed by atoms with Gasteiger partial charge in [-0.15, -0.1) is 0 Å². The van der Waals surface area contributed by atoms with Gasteiger partial charge in [0.2, 0.25) is 0 Å². The van der Waals surface area contributed by atoms with Crippen LogP contribution in [0.1, 0.15) is 28.8 Å². The maximum Gasteiger partial charge on any atom is 0.441 e. The van der Waals surface area contributed by atoms with Crippen molar-refractivity contribution in [1.82, 2.24) is 0 Å². The summed E-state index contributed by atoms with van der Waals surface area (Å²) < 4.78 is 41.0. The number of halogens is 3. The molecule has 2 rings (SSSR count). The van der Waals surface area contributed by atoms with E-state index in [1.165, 1.54) is 0 Å². The number of rotatable bonds is 4. The van der Waals surface area contributed by atoms with Crippen molar-refractivity contribution in [3.05, 3.63) is 29.3 Å². The van der Waals surface area contributed by atoms with Crippen molar-refractivity contribution in [2.24, 2.45) is 0 Å². The van der Waals surface area contributed by atoms with Crippen LogP contribution in [0.5, 0.6) is 5.75 Å². The molecule has 6 heteroatoms. The quantitative estimate of drug-likeness (QED) is 0.788. The number of carbonyl (C=O) groups is 1. The Hall–Kier alpha value is -1.17. The molecule has 0 spiro atoms. The summed E-state index contributed by atoms with van der Waals surface area (Å²) in [5.74, 6) is 0.377. The monoisotopic (exact) mass is 290 g/mol. The molecule has 2 nitrogen and oxygen atoms in total. The van der Waals surface area contributed by atoms with Gasteiger partial charge in [-0.1, -0.05) is 6.07 Å². The molecule has 0 atom stereocenters. The van der Waals surface area contributed by atoms with Gasteiger partial charge >= 0.3 is 5.51 Å². The second kappa shape index (κ2) is 5.86. The van der Waals surface area contributed by atoms with Crippen LogP contribution in [0.4, 0.5) is 13.2 Å². The first kappa shape index (κ1) is 14.2. The molecule has 0 unspecified atom stereocenters. The van der Waals surface area contributed by atoms with Crippen LogP contribution in [0, 0.1) is 0 Å². The van der Waals surface area contributed by atoms with Crippen LogP contribution in [0.2, 0.25) is 0 Å². The van der Waals surface area contributed by atoms with Crippen molar-refractivity contribution < 1.29 is 22.7 Å². The number of aryl methyl sites for hydroxylation is 1. The predicted molar refractivity (Wildman–Crippen MR) is 67.7 cm³/mol. The van der Waals surface area contributed by atoms with Crippen molar-refractivity contribution >= 4 is 17.5 Å². The Labute approximate surface area is 113 Å². The van der Waals surface area contributed by atoms with E-state index in [-0.39, 0.29) is 29.9 Å². The van der Waals surface area contributed by atoms with Gasteiger partial charge in [-0.05, 0) is 42.3 Å². The highest BCUT2D eigenvalue weighted by Crippen LogP contribution is 2.30. The topological polar surface area (TPSA) is 26.3 Å². The second-order valence-corrected chi connectivity index (χ2v) is 5.40. The number of carbonyl (C=O) groups excluding carboxylic acids is 1. The van der Waals surface area contributed by atoms with Crippen LogP contribution in [-0.4, -0.2) is 23.7 Å². The minimum Gasteiger partial charge on any atom is -0.493 e. The van der Waals surface area contributed by atoms with E-state index in [2.05, 4.69) is 0 Å². The van der Waals surface area contributed by atoms with Gasteiger partial charge in [0, 0.05) is 17.7 Å². The summed E-state index contributed by atoms with van der Waals surface area (Å²) in [6, 6.07) is 5.16. The number of alkyl halides is 3. The van der Waals surface area contributed by atoms with Crippen LogP contribution in [0.25, 0.3) is 0 Å². The van der Waals surface area contributed by atoms with E-state index < -0.39 is 5.51 Å². The molecule has 0 amide bonds. The smallest absolute Gasteiger partial charge is 0.441 e. The number of hydrogen-bond donors (Lipinski definition) is 0. The molecule has 1 aromatic rings. The Morgan fingerprint density at radius 2 is 2.05 bits per heavy atom. The maximum absolute atomic E-state index is 11.9. The summed E-state index contributed by atoms with van der Waals surface area (Å²) >= 11 is -0.110. The fourth-order valence-corrected chi connectivity index (χ4v) is 2.41. The van der Waals surface area contributed by atoms with E-state index in [1.807, 2.05) is 6.07 Å². The number of hydrogen-bond acceptors (Lipinski definition) is 3. The van der Waals surface area contributed by atoms with Gasteiger partial charge in [0.15, 0.2) is 5.78 Å². The lowest BCUT2D eigenvalue weighted by molar-refractivity contribution is -0.0329. The molecule has 0 radical (unpaired) electrons. The number of thioether (sulfide) groups is 1. The molecule has 0 heterocycles. The Morgan fingerprint density at radius 3 is 2.79 bits per heavy atom. The molecule has 1 aliphatic rings. The van der Waals surface area contributed by atoms with Crippen molar-refractivity contribution in [2.75, 3.05) is 12.4 Å². The van der Waals surface area contributed by atoms with E-state index >= 15 is 0 Å². The molecule has 1 aromatic carbocycles. The lowest BCUT2D eigenvalue weighted by Crippen LogP contribution is -2.11. The molecule has 0 bridgehead atoms. The number of fused-ring (bicyclic) bond motifs is 1. The van der Waals surface area contributed by atoms with Gasteiger partial charge in [-0.3, -0.25) is 4.79 Å². The second-order valence-electron chi connectivity index (χ2n) is 4.24. The average Bonchev–Trinajstić information content (AvgIpc) is 2.34. The van der Waals surface area contributed by atoms with Crippen LogP contribution in [-0.2, 0) is 6.42 Å². The third-order valence-corrected chi connectivity index (χ3v) is 3.55. The summed E-state index contributed by atoms with van der Waals surface area (Å²) in [7, 11) is 0. The first-order chi connectivity index (χ1) is 8.96. The molecular weight excluding hydrogens is 277 g/mol. The molecule has 0 aliphatic heterocycles. The molecule has 0 aromatic heterocycles. The van der Waals surface area contributed by atoms with Gasteiger partial charge < -0.3 is 4.74 Å². The van der Waals surface area contributed by atoms with Gasteiger partial charge in [-0.25, -0.2) is 0 Å². The van der Waals surface area contributed by atoms with Crippen molar-refractivity contribution in [2.45, 2.75) is 24.8 Å². The highest BCUT2D eigenvalue weighted by atomic mass is 32.2. The van der Waals surface area contributed by atoms with E-state index in [9.17, 15) is 18.0 Å². The summed E-state index contributed by atoms with van der Waals surface area (Å²) in [4.78, 5) is 11.7. The minimum atomic E-state index is -4.23. The summed E-state index contributed by atoms with van der Waals surface area (Å²) in [5, 5.41) is 0. The average molecular weight is 290 g/mol. The van der Waals surface area contributed by atoms with Crippen LogP contribution in [0.3, 0.4) is 0 Å². The van der Waals surface area contributed by atoms with Gasteiger partial charge in [0.1, 0.15) is 5.75 Å². The maximum atomic E-state index is 11.9. The molecule has 0 saturated carbocycles. The summed E-state index contributed by atoms with van der Waals surface area (Å²) in [6.07, 6.45) is 2.25. The summed E-state index contributed by atoms with van der Waals surface area (Å²) in [5.41, 5.74) is -2.59. The van der Waals surface area contributed by atoms with Crippen molar-refractivity contribution in [1.29, 1.82) is 0 Å². The predicted octanol–water partition coefficient (Wildman–Crippen LogP) is 3.84. The zero-order valence-corrected chi connectivity index (χ0v) is 10.9. The van der Waals surface area contributed by atoms with Crippen LogP contribution >= 0.6 is 11.8 Å². The first-order valence-electron chi connectivity index (χ1n) is 5.95. The molecular formula is C13H13F3O2S. The third-order valence-electron chi connectivity index (χ3n) is 2.85. The fraction of sp³-hybridized carbons (Fsp3) is 0.462. The lowest BCUT2D eigenvalue weighted by Gasteiger charge is -2.16. The van der Waals surface area contributed by atoms with E-state index in [1.54, 1.807) is 12.1 Å². The summed E-state index contributed by atoms with van der Waals surface area (Å²) in [6.45, 7) is -0.0306. The zero-order chi connectivity index (χ0) is 13.9. The standard InChI is InChI=1S/C13H13F3O2S/c14-13(15,16)19-7-6-18-10-5-4-9-2-1-3-12(17)11(9)8-10/h4-5,8H,1-3,6-7H2. The van der Waals surface area contributed by atoms with Crippen LogP contribution < -0.4 is 4.74 Å². The zero-order valence-electron chi connectivity index (χ0n) is 10.1. The van der Waals surface area contributed by atoms with Gasteiger partial charge in [0.25, 0.3) is 0 Å². The normalized spacial score (nSPS) is 15.2. The Bertz CT molecular complexity index is 471. The third kappa shape index (κ3) is 4.16. The van der Waals surface area contributed by atoms with E-state index in [0.717, 1.165) is 18.4 Å². The minimum absolute atomic E-state index is 0.0306. The molecule has 19 heavy (non-hydrogen) atoms. The van der Waals surface area contributed by atoms with E-state index in [0.29, 0.717) is 17.7 Å². The lowest BCUT2D eigenvalue weighted by atomic mass is 9.90. The number of Topliss-reactive ketones (excluding diaryl/α,β-unsaturated/α-hetero) is 1. The molecule has 0 saturated heterocycles. The molecule has 1 aliphatic carbocycles. The van der Waals surface area contributed by atoms with Gasteiger partial charge in [-0.2, -0.15) is 13.2 Å². The molecule has 0 N–H and O–H groups in total.